The minimum Gasteiger partial charge on any atom is -0.324 e. The van der Waals surface area contributed by atoms with E-state index in [9.17, 15) is 13.2 Å². The third kappa shape index (κ3) is 5.23. The van der Waals surface area contributed by atoms with Crippen molar-refractivity contribution in [2.75, 3.05) is 15.9 Å². The number of amides is 1. The highest BCUT2D eigenvalue weighted by Gasteiger charge is 2.32. The average molecular weight is 409 g/mol. The van der Waals surface area contributed by atoms with E-state index in [1.54, 1.807) is 32.0 Å². The van der Waals surface area contributed by atoms with Gasteiger partial charge in [-0.05, 0) is 55.2 Å². The first kappa shape index (κ1) is 21.3. The Morgan fingerprint density at radius 1 is 1.15 bits per heavy atom. The van der Waals surface area contributed by atoms with Crippen molar-refractivity contribution < 1.29 is 13.2 Å². The van der Waals surface area contributed by atoms with Gasteiger partial charge in [-0.3, -0.25) is 9.10 Å². The van der Waals surface area contributed by atoms with Crippen LogP contribution in [0.15, 0.2) is 42.5 Å². The molecule has 0 heterocycles. The molecule has 0 aliphatic rings. The first-order valence-electron chi connectivity index (χ1n) is 8.82. The van der Waals surface area contributed by atoms with Gasteiger partial charge in [-0.25, -0.2) is 8.42 Å². The van der Waals surface area contributed by atoms with Crippen molar-refractivity contribution >= 4 is 38.9 Å². The molecule has 0 spiro atoms. The highest BCUT2D eigenvalue weighted by molar-refractivity contribution is 7.92. The van der Waals surface area contributed by atoms with Gasteiger partial charge in [-0.15, -0.1) is 0 Å². The second-order valence-electron chi connectivity index (χ2n) is 6.45. The Morgan fingerprint density at radius 3 is 2.30 bits per heavy atom. The van der Waals surface area contributed by atoms with E-state index in [4.69, 9.17) is 11.6 Å². The molecule has 0 aromatic heterocycles. The van der Waals surface area contributed by atoms with E-state index < -0.39 is 16.1 Å². The SMILES string of the molecule is CCc1ccc(NC(=O)[C@@H](CC)N(c2cc(Cl)ccc2C)S(C)(=O)=O)cc1. The number of nitrogens with one attached hydrogen (secondary N) is 1. The lowest BCUT2D eigenvalue weighted by atomic mass is 10.1. The Hall–Kier alpha value is -2.05. The molecular weight excluding hydrogens is 384 g/mol. The molecule has 7 heteroatoms. The number of carbonyl (C=O) groups is 1. The van der Waals surface area contributed by atoms with Crippen molar-refractivity contribution in [3.63, 3.8) is 0 Å². The van der Waals surface area contributed by atoms with Gasteiger partial charge in [-0.2, -0.15) is 0 Å². The zero-order valence-electron chi connectivity index (χ0n) is 16.0. The van der Waals surface area contributed by atoms with Crippen molar-refractivity contribution in [3.05, 3.63) is 58.6 Å². The van der Waals surface area contributed by atoms with E-state index in [2.05, 4.69) is 12.2 Å². The van der Waals surface area contributed by atoms with Crippen molar-refractivity contribution in [1.29, 1.82) is 0 Å². The van der Waals surface area contributed by atoms with Crippen molar-refractivity contribution in [2.24, 2.45) is 0 Å². The third-order valence-electron chi connectivity index (χ3n) is 4.37. The van der Waals surface area contributed by atoms with Crippen LogP contribution in [-0.4, -0.2) is 26.6 Å². The van der Waals surface area contributed by atoms with Crippen LogP contribution in [0, 0.1) is 6.92 Å². The van der Waals surface area contributed by atoms with E-state index in [-0.39, 0.29) is 5.91 Å². The topological polar surface area (TPSA) is 66.5 Å². The number of sulfonamides is 1. The van der Waals surface area contributed by atoms with Gasteiger partial charge in [0.2, 0.25) is 15.9 Å². The van der Waals surface area contributed by atoms with Crippen molar-refractivity contribution in [3.8, 4) is 0 Å². The number of carbonyl (C=O) groups excluding carboxylic acids is 1. The molecule has 5 nitrogen and oxygen atoms in total. The highest BCUT2D eigenvalue weighted by Crippen LogP contribution is 2.29. The fourth-order valence-electron chi connectivity index (χ4n) is 2.90. The molecule has 2 rings (SSSR count). The van der Waals surface area contributed by atoms with Crippen LogP contribution in [0.25, 0.3) is 0 Å². The average Bonchev–Trinajstić information content (AvgIpc) is 2.61. The third-order valence-corrected chi connectivity index (χ3v) is 5.77. The molecule has 0 saturated carbocycles. The normalized spacial score (nSPS) is 12.5. The number of nitrogens with zero attached hydrogens (tertiary/aromatic N) is 1. The molecule has 0 bridgehead atoms. The quantitative estimate of drug-likeness (QED) is 0.738. The van der Waals surface area contributed by atoms with Crippen LogP contribution < -0.4 is 9.62 Å². The summed E-state index contributed by atoms with van der Waals surface area (Å²) in [6.07, 6.45) is 2.32. The predicted octanol–water partition coefficient (Wildman–Crippen LogP) is 4.39. The van der Waals surface area contributed by atoms with Crippen LogP contribution in [0.1, 0.15) is 31.4 Å². The van der Waals surface area contributed by atoms with Gasteiger partial charge in [0, 0.05) is 10.7 Å². The Kier molecular flexibility index (Phi) is 6.89. The molecule has 2 aromatic carbocycles. The second-order valence-corrected chi connectivity index (χ2v) is 8.75. The van der Waals surface area contributed by atoms with Gasteiger partial charge in [0.25, 0.3) is 0 Å². The van der Waals surface area contributed by atoms with E-state index in [0.717, 1.165) is 28.1 Å². The van der Waals surface area contributed by atoms with Crippen LogP contribution >= 0.6 is 11.6 Å². The summed E-state index contributed by atoms with van der Waals surface area (Å²) in [5.74, 6) is -0.383. The molecule has 146 valence electrons. The standard InChI is InChI=1S/C20H25ClN2O3S/c1-5-15-8-11-17(12-9-15)22-20(24)18(6-2)23(27(4,25)26)19-13-16(21)10-7-14(19)3/h7-13,18H,5-6H2,1-4H3,(H,22,24)/t18-/m1/s1. The molecule has 0 radical (unpaired) electrons. The summed E-state index contributed by atoms with van der Waals surface area (Å²) in [5.41, 5.74) is 2.93. The number of anilines is 2. The number of hydrogen-bond acceptors (Lipinski definition) is 3. The maximum Gasteiger partial charge on any atom is 0.248 e. The molecule has 1 amide bonds. The highest BCUT2D eigenvalue weighted by atomic mass is 35.5. The van der Waals surface area contributed by atoms with Crippen molar-refractivity contribution in [1.82, 2.24) is 0 Å². The fraction of sp³-hybridized carbons (Fsp3) is 0.350. The molecule has 1 N–H and O–H groups in total. The molecule has 27 heavy (non-hydrogen) atoms. The molecule has 0 saturated heterocycles. The van der Waals surface area contributed by atoms with E-state index in [0.29, 0.717) is 22.8 Å². The number of benzene rings is 2. The van der Waals surface area contributed by atoms with Crippen LogP contribution in [0.2, 0.25) is 5.02 Å². The van der Waals surface area contributed by atoms with E-state index >= 15 is 0 Å². The lowest BCUT2D eigenvalue weighted by Gasteiger charge is -2.31. The maximum absolute atomic E-state index is 12.9. The summed E-state index contributed by atoms with van der Waals surface area (Å²) in [7, 11) is -3.70. The zero-order valence-corrected chi connectivity index (χ0v) is 17.6. The van der Waals surface area contributed by atoms with Crippen LogP contribution in [0.5, 0.6) is 0 Å². The summed E-state index contributed by atoms with van der Waals surface area (Å²) in [6, 6.07) is 11.6. The summed E-state index contributed by atoms with van der Waals surface area (Å²) >= 11 is 6.07. The fourth-order valence-corrected chi connectivity index (χ4v) is 4.33. The molecule has 0 aliphatic heterocycles. The molecule has 0 aliphatic carbocycles. The van der Waals surface area contributed by atoms with Gasteiger partial charge in [0.1, 0.15) is 6.04 Å². The van der Waals surface area contributed by atoms with Gasteiger partial charge in [-0.1, -0.05) is 43.6 Å². The maximum atomic E-state index is 12.9. The Labute approximate surface area is 166 Å². The first-order valence-corrected chi connectivity index (χ1v) is 11.0. The Bertz CT molecular complexity index is 911. The predicted molar refractivity (Wildman–Crippen MR) is 112 cm³/mol. The van der Waals surface area contributed by atoms with Gasteiger partial charge in [0.15, 0.2) is 0 Å². The lowest BCUT2D eigenvalue weighted by Crippen LogP contribution is -2.47. The monoisotopic (exact) mass is 408 g/mol. The smallest absolute Gasteiger partial charge is 0.248 e. The summed E-state index contributed by atoms with van der Waals surface area (Å²) in [4.78, 5) is 12.9. The van der Waals surface area contributed by atoms with E-state index in [1.165, 1.54) is 0 Å². The Balaban J connectivity index is 2.39. The minimum atomic E-state index is -3.70. The number of halogens is 1. The summed E-state index contributed by atoms with van der Waals surface area (Å²) in [6.45, 7) is 5.62. The van der Waals surface area contributed by atoms with Gasteiger partial charge in [0.05, 0.1) is 11.9 Å². The number of rotatable bonds is 7. The van der Waals surface area contributed by atoms with Crippen LogP contribution in [-0.2, 0) is 21.2 Å². The summed E-state index contributed by atoms with van der Waals surface area (Å²) in [5, 5.41) is 3.23. The van der Waals surface area contributed by atoms with Gasteiger partial charge >= 0.3 is 0 Å². The lowest BCUT2D eigenvalue weighted by molar-refractivity contribution is -0.117. The number of aryl methyl sites for hydroxylation is 2. The molecule has 2 aromatic rings. The van der Waals surface area contributed by atoms with Crippen LogP contribution in [0.4, 0.5) is 11.4 Å². The number of hydrogen-bond donors (Lipinski definition) is 1. The van der Waals surface area contributed by atoms with Gasteiger partial charge < -0.3 is 5.32 Å². The van der Waals surface area contributed by atoms with E-state index in [1.807, 2.05) is 24.3 Å². The molecule has 0 unspecified atom stereocenters. The van der Waals surface area contributed by atoms with Crippen molar-refractivity contribution in [2.45, 2.75) is 39.7 Å². The summed E-state index contributed by atoms with van der Waals surface area (Å²) < 4.78 is 26.2. The largest absolute Gasteiger partial charge is 0.324 e. The second kappa shape index (κ2) is 8.76. The minimum absolute atomic E-state index is 0.317. The molecule has 1 atom stereocenters. The Morgan fingerprint density at radius 2 is 1.78 bits per heavy atom. The molecule has 0 fully saturated rings. The molecular formula is C20H25ClN2O3S. The first-order chi connectivity index (χ1) is 12.7. The zero-order chi connectivity index (χ0) is 20.2. The van der Waals surface area contributed by atoms with Crippen LogP contribution in [0.3, 0.4) is 0 Å².